The third kappa shape index (κ3) is 3.80. The van der Waals surface area contributed by atoms with Crippen molar-refractivity contribution in [3.05, 3.63) is 59.2 Å². The van der Waals surface area contributed by atoms with Crippen molar-refractivity contribution in [2.24, 2.45) is 0 Å². The molecule has 0 amide bonds. The third-order valence-electron chi connectivity index (χ3n) is 3.99. The highest BCUT2D eigenvalue weighted by molar-refractivity contribution is 5.59. The summed E-state index contributed by atoms with van der Waals surface area (Å²) in [6.45, 7) is 6.97. The van der Waals surface area contributed by atoms with Crippen molar-refractivity contribution >= 4 is 5.69 Å². The average molecular weight is 296 g/mol. The Labute approximate surface area is 132 Å². The fourth-order valence-electron chi connectivity index (χ4n) is 2.66. The van der Waals surface area contributed by atoms with Gasteiger partial charge in [-0.15, -0.1) is 0 Å². The van der Waals surface area contributed by atoms with Gasteiger partial charge in [0, 0.05) is 6.54 Å². The molecular formula is C19H24N2O. The molecule has 1 aliphatic heterocycles. The monoisotopic (exact) mass is 296 g/mol. The smallest absolute Gasteiger partial charge is 0.142 e. The lowest BCUT2D eigenvalue weighted by molar-refractivity contribution is 0.226. The fraction of sp³-hybridized carbons (Fsp3) is 0.368. The van der Waals surface area contributed by atoms with E-state index >= 15 is 0 Å². The zero-order valence-corrected chi connectivity index (χ0v) is 13.4. The van der Waals surface area contributed by atoms with Crippen LogP contribution in [0.3, 0.4) is 0 Å². The molecule has 0 aromatic heterocycles. The minimum absolute atomic E-state index is 0.245. The van der Waals surface area contributed by atoms with Gasteiger partial charge in [-0.3, -0.25) is 0 Å². The topological polar surface area (TPSA) is 33.3 Å². The van der Waals surface area contributed by atoms with Crippen LogP contribution in [0, 0.1) is 6.92 Å². The Balaban J connectivity index is 1.48. The summed E-state index contributed by atoms with van der Waals surface area (Å²) in [5, 5.41) is 6.93. The second-order valence-electron chi connectivity index (χ2n) is 6.05. The van der Waals surface area contributed by atoms with Gasteiger partial charge in [-0.1, -0.05) is 35.9 Å². The Morgan fingerprint density at radius 3 is 2.73 bits per heavy atom. The molecule has 3 heteroatoms. The number of nitrogens with one attached hydrogen (secondary N) is 2. The van der Waals surface area contributed by atoms with Crippen LogP contribution in [0.15, 0.2) is 42.5 Å². The normalized spacial score (nSPS) is 16.5. The number of hydrogen-bond donors (Lipinski definition) is 2. The predicted molar refractivity (Wildman–Crippen MR) is 91.6 cm³/mol. The largest absolute Gasteiger partial charge is 0.487 e. The highest BCUT2D eigenvalue weighted by Crippen LogP contribution is 2.29. The van der Waals surface area contributed by atoms with Gasteiger partial charge in [-0.25, -0.2) is 0 Å². The number of benzene rings is 2. The molecule has 0 saturated carbocycles. The Morgan fingerprint density at radius 2 is 1.91 bits per heavy atom. The maximum atomic E-state index is 5.80. The summed E-state index contributed by atoms with van der Waals surface area (Å²) in [7, 11) is 0. The highest BCUT2D eigenvalue weighted by atomic mass is 16.5. The second-order valence-corrected chi connectivity index (χ2v) is 6.05. The van der Waals surface area contributed by atoms with Crippen LogP contribution < -0.4 is 15.4 Å². The van der Waals surface area contributed by atoms with Crippen molar-refractivity contribution in [2.75, 3.05) is 18.4 Å². The van der Waals surface area contributed by atoms with E-state index in [1.165, 1.54) is 16.7 Å². The molecule has 22 heavy (non-hydrogen) atoms. The number of ether oxygens (including phenoxy) is 1. The van der Waals surface area contributed by atoms with Gasteiger partial charge in [0.05, 0.1) is 12.2 Å². The molecule has 2 aromatic carbocycles. The molecule has 0 spiro atoms. The van der Waals surface area contributed by atoms with E-state index in [1.807, 2.05) is 0 Å². The Kier molecular flexibility index (Phi) is 4.64. The summed E-state index contributed by atoms with van der Waals surface area (Å²) in [5.41, 5.74) is 5.09. The first kappa shape index (κ1) is 14.9. The summed E-state index contributed by atoms with van der Waals surface area (Å²) < 4.78 is 5.80. The molecule has 2 N–H and O–H groups in total. The summed E-state index contributed by atoms with van der Waals surface area (Å²) in [6, 6.07) is 15.1. The van der Waals surface area contributed by atoms with Crippen molar-refractivity contribution in [2.45, 2.75) is 32.9 Å². The Hall–Kier alpha value is -2.00. The Morgan fingerprint density at radius 1 is 1.14 bits per heavy atom. The third-order valence-corrected chi connectivity index (χ3v) is 3.99. The predicted octanol–water partition coefficient (Wildman–Crippen LogP) is 3.52. The molecule has 3 nitrogen and oxygen atoms in total. The van der Waals surface area contributed by atoms with Gasteiger partial charge in [-0.2, -0.15) is 0 Å². The maximum Gasteiger partial charge on any atom is 0.142 e. The Bertz CT molecular complexity index is 622. The molecular weight excluding hydrogens is 272 g/mol. The standard InChI is InChI=1S/C19H24N2O/c1-14-3-5-17(6-4-14)13-20-10-9-16-7-8-19-18(11-16)21-12-15(2)22-19/h3-8,11,15,20-21H,9-10,12-13H2,1-2H3. The fourth-order valence-corrected chi connectivity index (χ4v) is 2.66. The number of fused-ring (bicyclic) bond motifs is 1. The van der Waals surface area contributed by atoms with Gasteiger partial charge >= 0.3 is 0 Å². The van der Waals surface area contributed by atoms with E-state index in [9.17, 15) is 0 Å². The molecule has 0 saturated heterocycles. The molecule has 1 atom stereocenters. The van der Waals surface area contributed by atoms with Crippen molar-refractivity contribution in [1.29, 1.82) is 0 Å². The molecule has 0 aliphatic carbocycles. The minimum Gasteiger partial charge on any atom is -0.487 e. The SMILES string of the molecule is Cc1ccc(CNCCc2ccc3c(c2)NCC(C)O3)cc1. The van der Waals surface area contributed by atoms with Crippen LogP contribution in [0.1, 0.15) is 23.6 Å². The zero-order valence-electron chi connectivity index (χ0n) is 13.4. The molecule has 116 valence electrons. The maximum absolute atomic E-state index is 5.80. The number of anilines is 1. The zero-order chi connectivity index (χ0) is 15.4. The summed E-state index contributed by atoms with van der Waals surface area (Å²) in [6.07, 6.45) is 1.27. The van der Waals surface area contributed by atoms with Crippen molar-refractivity contribution in [3.8, 4) is 5.75 Å². The van der Waals surface area contributed by atoms with Crippen LogP contribution in [0.5, 0.6) is 5.75 Å². The van der Waals surface area contributed by atoms with Gasteiger partial charge < -0.3 is 15.4 Å². The minimum atomic E-state index is 0.245. The highest BCUT2D eigenvalue weighted by Gasteiger charge is 2.15. The lowest BCUT2D eigenvalue weighted by atomic mass is 10.1. The number of rotatable bonds is 5. The van der Waals surface area contributed by atoms with Crippen molar-refractivity contribution in [1.82, 2.24) is 5.32 Å². The molecule has 1 heterocycles. The molecule has 0 radical (unpaired) electrons. The summed E-state index contributed by atoms with van der Waals surface area (Å²) in [4.78, 5) is 0. The first-order chi connectivity index (χ1) is 10.7. The van der Waals surface area contributed by atoms with Crippen LogP contribution in [0.25, 0.3) is 0 Å². The van der Waals surface area contributed by atoms with Crippen LogP contribution in [0.4, 0.5) is 5.69 Å². The molecule has 0 fully saturated rings. The van der Waals surface area contributed by atoms with E-state index in [4.69, 9.17) is 4.74 Å². The van der Waals surface area contributed by atoms with E-state index in [-0.39, 0.29) is 6.10 Å². The van der Waals surface area contributed by atoms with Crippen LogP contribution in [0.2, 0.25) is 0 Å². The number of aryl methyl sites for hydroxylation is 1. The van der Waals surface area contributed by atoms with E-state index in [0.29, 0.717) is 0 Å². The molecule has 1 unspecified atom stereocenters. The second kappa shape index (κ2) is 6.84. The summed E-state index contributed by atoms with van der Waals surface area (Å²) >= 11 is 0. The van der Waals surface area contributed by atoms with E-state index < -0.39 is 0 Å². The lowest BCUT2D eigenvalue weighted by Gasteiger charge is -2.25. The van der Waals surface area contributed by atoms with Gasteiger partial charge in [0.1, 0.15) is 11.9 Å². The molecule has 0 bridgehead atoms. The molecule has 1 aliphatic rings. The first-order valence-corrected chi connectivity index (χ1v) is 8.00. The average Bonchev–Trinajstić information content (AvgIpc) is 2.53. The van der Waals surface area contributed by atoms with Crippen LogP contribution in [-0.4, -0.2) is 19.2 Å². The van der Waals surface area contributed by atoms with E-state index in [1.54, 1.807) is 0 Å². The van der Waals surface area contributed by atoms with Gasteiger partial charge in [0.2, 0.25) is 0 Å². The van der Waals surface area contributed by atoms with E-state index in [2.05, 4.69) is 66.9 Å². The van der Waals surface area contributed by atoms with E-state index in [0.717, 1.165) is 37.5 Å². The first-order valence-electron chi connectivity index (χ1n) is 8.00. The number of hydrogen-bond acceptors (Lipinski definition) is 3. The summed E-state index contributed by atoms with van der Waals surface area (Å²) in [5.74, 6) is 0.968. The molecule has 3 rings (SSSR count). The molecule has 2 aromatic rings. The van der Waals surface area contributed by atoms with Crippen LogP contribution >= 0.6 is 0 Å². The van der Waals surface area contributed by atoms with Crippen LogP contribution in [-0.2, 0) is 13.0 Å². The van der Waals surface area contributed by atoms with Gasteiger partial charge in [-0.05, 0) is 50.1 Å². The quantitative estimate of drug-likeness (QED) is 0.828. The van der Waals surface area contributed by atoms with Crippen molar-refractivity contribution < 1.29 is 4.74 Å². The van der Waals surface area contributed by atoms with Gasteiger partial charge in [0.15, 0.2) is 0 Å². The lowest BCUT2D eigenvalue weighted by Crippen LogP contribution is -2.27. The van der Waals surface area contributed by atoms with Gasteiger partial charge in [0.25, 0.3) is 0 Å². The van der Waals surface area contributed by atoms with Crippen molar-refractivity contribution in [3.63, 3.8) is 0 Å².